The molecule has 128 valence electrons. The molecule has 3 nitrogen and oxygen atoms in total. The van der Waals surface area contributed by atoms with E-state index in [9.17, 15) is 9.18 Å². The predicted molar refractivity (Wildman–Crippen MR) is 99.1 cm³/mol. The Hall–Kier alpha value is -2.85. The maximum atomic E-state index is 13.0. The second-order valence-corrected chi connectivity index (χ2v) is 5.71. The van der Waals surface area contributed by atoms with Crippen molar-refractivity contribution in [1.29, 1.82) is 0 Å². The van der Waals surface area contributed by atoms with Crippen molar-refractivity contribution >= 4 is 23.1 Å². The van der Waals surface area contributed by atoms with Crippen molar-refractivity contribution in [2.45, 2.75) is 6.92 Å². The van der Waals surface area contributed by atoms with Gasteiger partial charge in [0.1, 0.15) is 17.3 Å². The van der Waals surface area contributed by atoms with Gasteiger partial charge in [-0.1, -0.05) is 48.5 Å². The smallest absolute Gasteiger partial charge is 0.244 e. The number of carbonyl (C=O) groups excluding carboxylic acids is 1. The molecular weight excluding hydrogens is 341 g/mol. The molecule has 0 aliphatic carbocycles. The van der Waals surface area contributed by atoms with Gasteiger partial charge in [-0.2, -0.15) is 0 Å². The molecule has 0 heterocycles. The van der Waals surface area contributed by atoms with Crippen LogP contribution in [0.3, 0.4) is 0 Å². The molecule has 0 bridgehead atoms. The molecule has 0 atom stereocenters. The fourth-order valence-corrected chi connectivity index (χ4v) is 2.11. The lowest BCUT2D eigenvalue weighted by Gasteiger charge is -2.08. The topological polar surface area (TPSA) is 52.3 Å². The Balaban J connectivity index is 2.06. The summed E-state index contributed by atoms with van der Waals surface area (Å²) >= 11 is 5.94. The minimum absolute atomic E-state index is 0.202. The normalized spacial score (nSPS) is 11.6. The lowest BCUT2D eigenvalue weighted by Crippen LogP contribution is -2.11. The summed E-state index contributed by atoms with van der Waals surface area (Å²) in [5, 5.41) is 0.202. The number of primary amides is 1. The quantitative estimate of drug-likeness (QED) is 0.565. The summed E-state index contributed by atoms with van der Waals surface area (Å²) in [6, 6.07) is 11.1. The summed E-state index contributed by atoms with van der Waals surface area (Å²) in [5.74, 6) is 0.0627. The molecule has 2 aromatic rings. The molecule has 0 unspecified atom stereocenters. The second kappa shape index (κ2) is 8.31. The van der Waals surface area contributed by atoms with E-state index in [2.05, 4.69) is 6.58 Å². The predicted octanol–water partition coefficient (Wildman–Crippen LogP) is 5.27. The first-order valence-electron chi connectivity index (χ1n) is 7.44. The van der Waals surface area contributed by atoms with Gasteiger partial charge in [0.05, 0.1) is 5.02 Å². The first-order valence-corrected chi connectivity index (χ1v) is 7.81. The number of halogens is 2. The van der Waals surface area contributed by atoms with Crippen LogP contribution in [0.4, 0.5) is 4.39 Å². The Kier molecular flexibility index (Phi) is 6.14. The van der Waals surface area contributed by atoms with Crippen molar-refractivity contribution in [3.8, 4) is 11.5 Å². The maximum Gasteiger partial charge on any atom is 0.244 e. The third-order valence-electron chi connectivity index (χ3n) is 3.38. The zero-order valence-corrected chi connectivity index (χ0v) is 14.4. The monoisotopic (exact) mass is 357 g/mol. The van der Waals surface area contributed by atoms with E-state index in [4.69, 9.17) is 22.1 Å². The number of benzene rings is 2. The highest BCUT2D eigenvalue weighted by molar-refractivity contribution is 6.32. The summed E-state index contributed by atoms with van der Waals surface area (Å²) in [6.45, 7) is 5.61. The Morgan fingerprint density at radius 2 is 1.92 bits per heavy atom. The molecule has 2 N–H and O–H groups in total. The molecule has 2 rings (SSSR count). The van der Waals surface area contributed by atoms with Gasteiger partial charge in [-0.25, -0.2) is 4.39 Å². The van der Waals surface area contributed by atoms with Gasteiger partial charge in [-0.05, 0) is 48.4 Å². The zero-order valence-electron chi connectivity index (χ0n) is 13.6. The van der Waals surface area contributed by atoms with Crippen LogP contribution in [0, 0.1) is 5.82 Å². The van der Waals surface area contributed by atoms with E-state index in [0.717, 1.165) is 11.1 Å². The Morgan fingerprint density at radius 3 is 2.52 bits per heavy atom. The molecule has 0 aliphatic rings. The average molecular weight is 358 g/mol. The van der Waals surface area contributed by atoms with Gasteiger partial charge >= 0.3 is 0 Å². The number of amides is 1. The maximum absolute atomic E-state index is 13.0. The van der Waals surface area contributed by atoms with Crippen molar-refractivity contribution in [1.82, 2.24) is 0 Å². The van der Waals surface area contributed by atoms with Crippen LogP contribution >= 0.6 is 11.6 Å². The SMILES string of the molecule is C=C(/C=C\C=C(/C)C(N)=O)c1ccc(Oc2ccc(F)cc2Cl)cc1. The molecule has 2 aromatic carbocycles. The molecule has 0 radical (unpaired) electrons. The van der Waals surface area contributed by atoms with Crippen molar-refractivity contribution in [2.24, 2.45) is 5.73 Å². The second-order valence-electron chi connectivity index (χ2n) is 5.30. The minimum atomic E-state index is -0.462. The Labute approximate surface area is 150 Å². The van der Waals surface area contributed by atoms with Gasteiger partial charge in [0.15, 0.2) is 0 Å². The highest BCUT2D eigenvalue weighted by Gasteiger charge is 2.05. The lowest BCUT2D eigenvalue weighted by atomic mass is 10.1. The van der Waals surface area contributed by atoms with Gasteiger partial charge in [-0.15, -0.1) is 0 Å². The lowest BCUT2D eigenvalue weighted by molar-refractivity contribution is -0.114. The van der Waals surface area contributed by atoms with E-state index in [-0.39, 0.29) is 5.02 Å². The molecule has 0 spiro atoms. The van der Waals surface area contributed by atoms with E-state index in [1.807, 2.05) is 12.1 Å². The van der Waals surface area contributed by atoms with Gasteiger partial charge in [-0.3, -0.25) is 4.79 Å². The van der Waals surface area contributed by atoms with Crippen LogP contribution in [0.5, 0.6) is 11.5 Å². The number of allylic oxidation sites excluding steroid dienone is 4. The van der Waals surface area contributed by atoms with E-state index < -0.39 is 11.7 Å². The largest absolute Gasteiger partial charge is 0.456 e. The van der Waals surface area contributed by atoms with Crippen LogP contribution < -0.4 is 10.5 Å². The fraction of sp³-hybridized carbons (Fsp3) is 0.0500. The number of ether oxygens (including phenoxy) is 1. The van der Waals surface area contributed by atoms with Gasteiger partial charge < -0.3 is 10.5 Å². The van der Waals surface area contributed by atoms with Crippen LogP contribution in [-0.2, 0) is 4.79 Å². The van der Waals surface area contributed by atoms with Crippen LogP contribution in [0.15, 0.2) is 72.8 Å². The van der Waals surface area contributed by atoms with Gasteiger partial charge in [0.25, 0.3) is 0 Å². The molecule has 25 heavy (non-hydrogen) atoms. The highest BCUT2D eigenvalue weighted by Crippen LogP contribution is 2.30. The molecule has 0 saturated carbocycles. The number of rotatable bonds is 6. The first kappa shape index (κ1) is 18.5. The van der Waals surface area contributed by atoms with E-state index in [0.29, 0.717) is 17.1 Å². The number of hydrogen-bond acceptors (Lipinski definition) is 2. The van der Waals surface area contributed by atoms with Crippen molar-refractivity contribution in [3.05, 3.63) is 89.2 Å². The third kappa shape index (κ3) is 5.33. The summed E-state index contributed by atoms with van der Waals surface area (Å²) in [7, 11) is 0. The van der Waals surface area contributed by atoms with Crippen molar-refractivity contribution in [3.63, 3.8) is 0 Å². The molecule has 0 saturated heterocycles. The first-order chi connectivity index (χ1) is 11.9. The summed E-state index contributed by atoms with van der Waals surface area (Å²) in [5.41, 5.74) is 7.27. The molecule has 5 heteroatoms. The van der Waals surface area contributed by atoms with Crippen LogP contribution in [0.2, 0.25) is 5.02 Å². The molecule has 0 aromatic heterocycles. The summed E-state index contributed by atoms with van der Waals surface area (Å²) < 4.78 is 18.7. The van der Waals surface area contributed by atoms with E-state index >= 15 is 0 Å². The van der Waals surface area contributed by atoms with Crippen LogP contribution in [0.25, 0.3) is 5.57 Å². The number of hydrogen-bond donors (Lipinski definition) is 1. The van der Waals surface area contributed by atoms with Crippen molar-refractivity contribution < 1.29 is 13.9 Å². The van der Waals surface area contributed by atoms with E-state index in [1.54, 1.807) is 37.3 Å². The van der Waals surface area contributed by atoms with Crippen molar-refractivity contribution in [2.75, 3.05) is 0 Å². The molecule has 0 fully saturated rings. The van der Waals surface area contributed by atoms with Crippen LogP contribution in [-0.4, -0.2) is 5.91 Å². The molecular formula is C20H17ClFNO2. The van der Waals surface area contributed by atoms with Gasteiger partial charge in [0.2, 0.25) is 5.91 Å². The molecule has 0 aliphatic heterocycles. The Bertz CT molecular complexity index is 854. The summed E-state index contributed by atoms with van der Waals surface area (Å²) in [6.07, 6.45) is 5.12. The van der Waals surface area contributed by atoms with Crippen LogP contribution in [0.1, 0.15) is 12.5 Å². The van der Waals surface area contributed by atoms with E-state index in [1.165, 1.54) is 18.2 Å². The number of carbonyl (C=O) groups is 1. The average Bonchev–Trinajstić information content (AvgIpc) is 2.57. The molecule has 1 amide bonds. The Morgan fingerprint density at radius 1 is 1.24 bits per heavy atom. The standard InChI is InChI=1S/C20H17ClFNO2/c1-13(4-3-5-14(2)20(23)24)15-6-9-17(10-7-15)25-19-11-8-16(22)12-18(19)21/h3-12H,1H2,2H3,(H2,23,24)/b4-3-,14-5+. The highest BCUT2D eigenvalue weighted by atomic mass is 35.5. The fourth-order valence-electron chi connectivity index (χ4n) is 1.91. The minimum Gasteiger partial charge on any atom is -0.456 e. The van der Waals surface area contributed by atoms with Gasteiger partial charge in [0, 0.05) is 5.57 Å². The zero-order chi connectivity index (χ0) is 18.4. The summed E-state index contributed by atoms with van der Waals surface area (Å²) in [4.78, 5) is 10.9. The number of nitrogens with two attached hydrogens (primary N) is 1. The third-order valence-corrected chi connectivity index (χ3v) is 3.67.